The molecule has 8 heteroatoms. The van der Waals surface area contributed by atoms with E-state index in [1.165, 1.54) is 0 Å². The van der Waals surface area contributed by atoms with Crippen LogP contribution in [0.3, 0.4) is 0 Å². The van der Waals surface area contributed by atoms with Gasteiger partial charge >= 0.3 is 6.03 Å². The lowest BCUT2D eigenvalue weighted by molar-refractivity contribution is -0.906. The molecule has 1 aromatic carbocycles. The minimum Gasteiger partial charge on any atom is -0.338 e. The number of rotatable bonds is 9. The summed E-state index contributed by atoms with van der Waals surface area (Å²) in [6.45, 7) is 7.83. The van der Waals surface area contributed by atoms with Crippen LogP contribution in [0.4, 0.5) is 4.79 Å². The SMILES string of the molecule is CCCC[NH+](CC(=O)NC(=O)NCC(C)C)Cc1nc2ccccc2c(=O)[nH]1. The second-order valence-electron chi connectivity index (χ2n) is 7.39. The number of hydrogen-bond donors (Lipinski definition) is 4. The number of nitrogens with zero attached hydrogens (tertiary/aromatic N) is 1. The molecule has 4 N–H and O–H groups in total. The van der Waals surface area contributed by atoms with Gasteiger partial charge in [0.2, 0.25) is 0 Å². The van der Waals surface area contributed by atoms with E-state index in [1.807, 2.05) is 19.9 Å². The minimum absolute atomic E-state index is 0.131. The fraction of sp³-hybridized carbons (Fsp3) is 0.500. The lowest BCUT2D eigenvalue weighted by Gasteiger charge is -2.18. The number of amides is 3. The minimum atomic E-state index is -0.481. The average Bonchev–Trinajstić information content (AvgIpc) is 2.64. The Morgan fingerprint density at radius 1 is 1.25 bits per heavy atom. The summed E-state index contributed by atoms with van der Waals surface area (Å²) in [6.07, 6.45) is 1.92. The predicted molar refractivity (Wildman–Crippen MR) is 108 cm³/mol. The summed E-state index contributed by atoms with van der Waals surface area (Å²) < 4.78 is 0. The molecule has 8 nitrogen and oxygen atoms in total. The number of urea groups is 1. The van der Waals surface area contributed by atoms with Crippen molar-refractivity contribution >= 4 is 22.8 Å². The summed E-state index contributed by atoms with van der Waals surface area (Å²) in [6, 6.07) is 6.68. The van der Waals surface area contributed by atoms with E-state index in [9.17, 15) is 14.4 Å². The third-order valence-electron chi connectivity index (χ3n) is 4.30. The van der Waals surface area contributed by atoms with Gasteiger partial charge in [-0.1, -0.05) is 39.3 Å². The molecular formula is C20H30N5O3+. The molecule has 28 heavy (non-hydrogen) atoms. The monoisotopic (exact) mass is 388 g/mol. The highest BCUT2D eigenvalue weighted by Crippen LogP contribution is 2.04. The Balaban J connectivity index is 2.04. The van der Waals surface area contributed by atoms with Crippen molar-refractivity contribution < 1.29 is 14.5 Å². The Morgan fingerprint density at radius 2 is 2.00 bits per heavy atom. The van der Waals surface area contributed by atoms with Crippen LogP contribution >= 0.6 is 0 Å². The van der Waals surface area contributed by atoms with Crippen LogP contribution < -0.4 is 21.1 Å². The number of H-pyrrole nitrogens is 1. The highest BCUT2D eigenvalue weighted by molar-refractivity contribution is 5.94. The van der Waals surface area contributed by atoms with Crippen molar-refractivity contribution in [1.82, 2.24) is 20.6 Å². The maximum Gasteiger partial charge on any atom is 0.321 e. The predicted octanol–water partition coefficient (Wildman–Crippen LogP) is 0.590. The van der Waals surface area contributed by atoms with Crippen LogP contribution in [0.25, 0.3) is 10.9 Å². The van der Waals surface area contributed by atoms with Crippen molar-refractivity contribution in [2.24, 2.45) is 5.92 Å². The first kappa shape index (κ1) is 21.6. The Kier molecular flexibility index (Phi) is 8.13. The van der Waals surface area contributed by atoms with Crippen molar-refractivity contribution in [3.8, 4) is 0 Å². The number of carbonyl (C=O) groups is 2. The van der Waals surface area contributed by atoms with Gasteiger partial charge in [0.1, 0.15) is 6.54 Å². The van der Waals surface area contributed by atoms with Crippen LogP contribution in [0, 0.1) is 5.92 Å². The molecule has 1 aromatic heterocycles. The van der Waals surface area contributed by atoms with Crippen LogP contribution in [-0.4, -0.2) is 41.5 Å². The van der Waals surface area contributed by atoms with E-state index in [1.54, 1.807) is 18.2 Å². The molecule has 2 aromatic rings. The first-order valence-corrected chi connectivity index (χ1v) is 9.78. The molecule has 152 valence electrons. The second-order valence-corrected chi connectivity index (χ2v) is 7.39. The van der Waals surface area contributed by atoms with Crippen molar-refractivity contribution in [1.29, 1.82) is 0 Å². The zero-order chi connectivity index (χ0) is 20.5. The topological polar surface area (TPSA) is 108 Å². The number of benzene rings is 1. The highest BCUT2D eigenvalue weighted by atomic mass is 16.2. The first-order chi connectivity index (χ1) is 13.4. The number of imide groups is 1. The van der Waals surface area contributed by atoms with Gasteiger partial charge in [0.25, 0.3) is 11.5 Å². The lowest BCUT2D eigenvalue weighted by Crippen LogP contribution is -3.12. The van der Waals surface area contributed by atoms with Crippen molar-refractivity contribution in [2.45, 2.75) is 40.2 Å². The molecule has 0 spiro atoms. The van der Waals surface area contributed by atoms with Gasteiger partial charge < -0.3 is 15.2 Å². The van der Waals surface area contributed by atoms with E-state index in [0.717, 1.165) is 24.3 Å². The number of aromatic amines is 1. The second kappa shape index (κ2) is 10.6. The van der Waals surface area contributed by atoms with Gasteiger partial charge in [0, 0.05) is 6.54 Å². The zero-order valence-electron chi connectivity index (χ0n) is 16.8. The molecule has 1 atom stereocenters. The van der Waals surface area contributed by atoms with Crippen molar-refractivity contribution in [2.75, 3.05) is 19.6 Å². The molecule has 0 aliphatic heterocycles. The molecule has 0 bridgehead atoms. The van der Waals surface area contributed by atoms with E-state index in [2.05, 4.69) is 27.5 Å². The van der Waals surface area contributed by atoms with Crippen molar-refractivity contribution in [3.05, 3.63) is 40.4 Å². The fourth-order valence-corrected chi connectivity index (χ4v) is 2.86. The van der Waals surface area contributed by atoms with Crippen LogP contribution in [0.1, 0.15) is 39.4 Å². The summed E-state index contributed by atoms with van der Waals surface area (Å²) in [5.74, 6) is 0.491. The zero-order valence-corrected chi connectivity index (χ0v) is 16.8. The summed E-state index contributed by atoms with van der Waals surface area (Å²) in [4.78, 5) is 44.6. The maximum absolute atomic E-state index is 12.3. The summed E-state index contributed by atoms with van der Waals surface area (Å²) >= 11 is 0. The Labute approximate surface area is 164 Å². The van der Waals surface area contributed by atoms with Gasteiger partial charge in [-0.2, -0.15) is 0 Å². The van der Waals surface area contributed by atoms with Crippen LogP contribution in [0.15, 0.2) is 29.1 Å². The lowest BCUT2D eigenvalue weighted by atomic mass is 10.2. The number of nitrogens with one attached hydrogen (secondary N) is 4. The van der Waals surface area contributed by atoms with Gasteiger partial charge in [-0.25, -0.2) is 9.78 Å². The van der Waals surface area contributed by atoms with Crippen molar-refractivity contribution in [3.63, 3.8) is 0 Å². The van der Waals surface area contributed by atoms with E-state index < -0.39 is 6.03 Å². The van der Waals surface area contributed by atoms with E-state index in [4.69, 9.17) is 0 Å². The number of unbranched alkanes of at least 4 members (excludes halogenated alkanes) is 1. The standard InChI is InChI=1S/C20H29N5O3/c1-4-5-10-25(13-18(26)24-20(28)21-11-14(2)3)12-17-22-16-9-7-6-8-15(16)19(27)23-17/h6-9,14H,4-5,10-13H2,1-3H3,(H,22,23,27)(H2,21,24,26,28)/p+1. The number of fused-ring (bicyclic) bond motifs is 1. The first-order valence-electron chi connectivity index (χ1n) is 9.78. The molecule has 0 radical (unpaired) electrons. The van der Waals surface area contributed by atoms with Crippen LogP contribution in [-0.2, 0) is 11.3 Å². The molecule has 0 saturated carbocycles. The third-order valence-corrected chi connectivity index (χ3v) is 4.30. The normalized spacial score (nSPS) is 12.1. The van der Waals surface area contributed by atoms with E-state index >= 15 is 0 Å². The number of hydrogen-bond acceptors (Lipinski definition) is 4. The van der Waals surface area contributed by atoms with Gasteiger partial charge in [-0.3, -0.25) is 14.9 Å². The number of quaternary nitrogens is 1. The number of para-hydroxylation sites is 1. The van der Waals surface area contributed by atoms with E-state index in [-0.39, 0.29) is 18.0 Å². The molecule has 0 aliphatic rings. The quantitative estimate of drug-likeness (QED) is 0.504. The molecule has 3 amide bonds. The van der Waals surface area contributed by atoms with Gasteiger partial charge in [-0.15, -0.1) is 0 Å². The summed E-state index contributed by atoms with van der Waals surface area (Å²) in [7, 11) is 0. The smallest absolute Gasteiger partial charge is 0.321 e. The largest absolute Gasteiger partial charge is 0.338 e. The van der Waals surface area contributed by atoms with Crippen LogP contribution in [0.2, 0.25) is 0 Å². The molecule has 0 aliphatic carbocycles. The van der Waals surface area contributed by atoms with Gasteiger partial charge in [-0.05, 0) is 24.5 Å². The van der Waals surface area contributed by atoms with E-state index in [0.29, 0.717) is 35.7 Å². The molecule has 0 saturated heterocycles. The van der Waals surface area contributed by atoms with Crippen LogP contribution in [0.5, 0.6) is 0 Å². The highest BCUT2D eigenvalue weighted by Gasteiger charge is 2.18. The molecule has 1 unspecified atom stereocenters. The summed E-state index contributed by atoms with van der Waals surface area (Å²) in [5, 5.41) is 5.58. The average molecular weight is 388 g/mol. The summed E-state index contributed by atoms with van der Waals surface area (Å²) in [5.41, 5.74) is 0.446. The van der Waals surface area contributed by atoms with Gasteiger partial charge in [0.05, 0.1) is 17.4 Å². The maximum atomic E-state index is 12.3. The number of aromatic nitrogens is 2. The molecular weight excluding hydrogens is 358 g/mol. The van der Waals surface area contributed by atoms with Gasteiger partial charge in [0.15, 0.2) is 12.4 Å². The fourth-order valence-electron chi connectivity index (χ4n) is 2.86. The number of carbonyl (C=O) groups excluding carboxylic acids is 2. The Hall–Kier alpha value is -2.74. The Morgan fingerprint density at radius 3 is 2.71 bits per heavy atom. The molecule has 2 rings (SSSR count). The molecule has 1 heterocycles. The Bertz CT molecular complexity index is 862. The molecule has 0 fully saturated rings. The third kappa shape index (κ3) is 6.77.